The zero-order valence-corrected chi connectivity index (χ0v) is 8.73. The molecule has 10 heavy (non-hydrogen) atoms. The van der Waals surface area contributed by atoms with Crippen LogP contribution in [0.5, 0.6) is 0 Å². The monoisotopic (exact) mass is 226 g/mol. The summed E-state index contributed by atoms with van der Waals surface area (Å²) < 4.78 is 9.64. The Balaban J connectivity index is 3.63. The van der Waals surface area contributed by atoms with E-state index in [1.807, 2.05) is 0 Å². The fraction of sp³-hybridized carbons (Fsp3) is 1.00. The molecule has 0 aliphatic heterocycles. The van der Waals surface area contributed by atoms with Crippen LogP contribution in [-0.4, -0.2) is 26.3 Å². The van der Waals surface area contributed by atoms with Gasteiger partial charge in [-0.25, -0.2) is 0 Å². The van der Waals surface area contributed by atoms with E-state index in [-0.39, 0.29) is 0 Å². The van der Waals surface area contributed by atoms with Crippen molar-refractivity contribution in [2.45, 2.75) is 6.29 Å². The summed E-state index contributed by atoms with van der Waals surface area (Å²) in [5, 5.41) is 0. The van der Waals surface area contributed by atoms with Gasteiger partial charge in [0, 0.05) is 21.9 Å². The maximum Gasteiger partial charge on any atom is 0.167 e. The minimum Gasteiger partial charge on any atom is -0.355 e. The fourth-order valence-corrected chi connectivity index (χ4v) is 1.89. The van der Waals surface area contributed by atoms with Crippen molar-refractivity contribution in [1.82, 2.24) is 0 Å². The molecule has 0 aliphatic rings. The zero-order chi connectivity index (χ0) is 8.20. The van der Waals surface area contributed by atoms with Gasteiger partial charge in [-0.15, -0.1) is 0 Å². The van der Waals surface area contributed by atoms with E-state index in [0.717, 1.165) is 0 Å². The molecule has 0 atom stereocenters. The molecule has 0 radical (unpaired) electrons. The van der Waals surface area contributed by atoms with Crippen LogP contribution in [0.3, 0.4) is 0 Å². The van der Waals surface area contributed by atoms with Crippen molar-refractivity contribution in [2.24, 2.45) is 0 Å². The van der Waals surface area contributed by atoms with Crippen LogP contribution in [0.1, 0.15) is 0 Å². The van der Waals surface area contributed by atoms with Gasteiger partial charge in [-0.05, 0) is 32.0 Å². The van der Waals surface area contributed by atoms with Gasteiger partial charge in [0.1, 0.15) is 0 Å². The maximum atomic E-state index is 5.54. The highest BCUT2D eigenvalue weighted by Gasteiger charge is 2.20. The van der Waals surface area contributed by atoms with E-state index in [1.54, 1.807) is 0 Å². The summed E-state index contributed by atoms with van der Waals surface area (Å²) in [5.41, 5.74) is 0. The van der Waals surface area contributed by atoms with Gasteiger partial charge in [0.15, 0.2) is 6.29 Å². The second-order valence-corrected chi connectivity index (χ2v) is 9.07. The Kier molecular flexibility index (Phi) is 5.47. The van der Waals surface area contributed by atoms with Gasteiger partial charge in [-0.2, -0.15) is 0 Å². The average Bonchev–Trinajstić information content (AvgIpc) is 1.81. The van der Waals surface area contributed by atoms with Crippen molar-refractivity contribution in [2.75, 3.05) is 20.0 Å². The molecule has 0 aromatic heterocycles. The predicted molar refractivity (Wildman–Crippen MR) is 47.8 cm³/mol. The third-order valence-electron chi connectivity index (χ3n) is 0.851. The molecule has 0 spiro atoms. The highest BCUT2D eigenvalue weighted by Crippen LogP contribution is 2.63. The Hall–Kier alpha value is 1.14. The second kappa shape index (κ2) is 4.91. The number of ether oxygens (including phenoxy) is 2. The molecule has 0 fully saturated rings. The van der Waals surface area contributed by atoms with Gasteiger partial charge in [-0.3, -0.25) is 0 Å². The van der Waals surface area contributed by atoms with Crippen molar-refractivity contribution in [3.63, 3.8) is 0 Å². The third kappa shape index (κ3) is 5.89. The number of hydrogen-bond donors (Lipinski definition) is 0. The Morgan fingerprint density at radius 1 is 1.20 bits per heavy atom. The van der Waals surface area contributed by atoms with E-state index in [4.69, 9.17) is 41.5 Å². The molecule has 64 valence electrons. The van der Waals surface area contributed by atoms with E-state index < -0.39 is 14.0 Å². The van der Waals surface area contributed by atoms with E-state index >= 15 is 0 Å². The van der Waals surface area contributed by atoms with E-state index in [1.165, 1.54) is 14.2 Å². The quantitative estimate of drug-likeness (QED) is 0.688. The van der Waals surface area contributed by atoms with Crippen LogP contribution in [0.2, 0.25) is 0 Å². The minimum absolute atomic E-state index is 0.310. The summed E-state index contributed by atoms with van der Waals surface area (Å²) in [4.78, 5) is 0. The number of methoxy groups -OCH3 is 2. The molecule has 0 saturated heterocycles. The highest BCUT2D eigenvalue weighted by atomic mass is 36.2. The minimum atomic E-state index is -2.08. The first-order chi connectivity index (χ1) is 4.49. The summed E-state index contributed by atoms with van der Waals surface area (Å²) in [7, 11) is 17.5. The zero-order valence-electron chi connectivity index (χ0n) is 5.64. The van der Waals surface area contributed by atoms with Crippen molar-refractivity contribution >= 4 is 39.7 Å². The number of halogens is 3. The lowest BCUT2D eigenvalue weighted by Crippen LogP contribution is -2.17. The summed E-state index contributed by atoms with van der Waals surface area (Å²) in [6, 6.07) is 0. The molecule has 2 nitrogen and oxygen atoms in total. The molecule has 0 unspecified atom stereocenters. The maximum absolute atomic E-state index is 5.54. The van der Waals surface area contributed by atoms with E-state index in [9.17, 15) is 0 Å². The first kappa shape index (κ1) is 11.1. The summed E-state index contributed by atoms with van der Waals surface area (Å²) in [6.45, 7) is 0. The van der Waals surface area contributed by atoms with Gasteiger partial charge in [0.05, 0.1) is 5.75 Å². The second-order valence-electron chi connectivity index (χ2n) is 1.57. The molecule has 0 rings (SSSR count). The fourth-order valence-electron chi connectivity index (χ4n) is 0.387. The van der Waals surface area contributed by atoms with Gasteiger partial charge in [0.2, 0.25) is 0 Å². The van der Waals surface area contributed by atoms with Crippen molar-refractivity contribution in [3.8, 4) is 0 Å². The van der Waals surface area contributed by atoms with Gasteiger partial charge >= 0.3 is 0 Å². The highest BCUT2D eigenvalue weighted by molar-refractivity contribution is 8.79. The average molecular weight is 228 g/mol. The SMILES string of the molecule is COC(CS(Cl)(Cl)Cl)OC. The predicted octanol–water partition coefficient (Wildman–Crippen LogP) is 2.87. The normalized spacial score (nSPS) is 14.2. The molecule has 6 heteroatoms. The van der Waals surface area contributed by atoms with Crippen LogP contribution in [0.15, 0.2) is 0 Å². The first-order valence-electron chi connectivity index (χ1n) is 2.45. The van der Waals surface area contributed by atoms with Crippen LogP contribution in [0.4, 0.5) is 0 Å². The van der Waals surface area contributed by atoms with E-state index in [2.05, 4.69) is 0 Å². The van der Waals surface area contributed by atoms with Crippen LogP contribution >= 0.6 is 39.7 Å². The van der Waals surface area contributed by atoms with Gasteiger partial charge in [0.25, 0.3) is 0 Å². The standard InChI is InChI=1S/C4H9Cl3O2S/c1-8-4(9-2)3-10(5,6)7/h4H,3H2,1-2H3. The molecule has 0 amide bonds. The third-order valence-corrected chi connectivity index (χ3v) is 2.63. The Morgan fingerprint density at radius 3 is 1.70 bits per heavy atom. The van der Waals surface area contributed by atoms with Crippen LogP contribution in [-0.2, 0) is 9.47 Å². The molecule has 0 bridgehead atoms. The largest absolute Gasteiger partial charge is 0.355 e. The van der Waals surface area contributed by atoms with Crippen LogP contribution in [0.25, 0.3) is 0 Å². The Labute approximate surface area is 75.5 Å². The summed E-state index contributed by atoms with van der Waals surface area (Å²) >= 11 is 0. The Morgan fingerprint density at radius 2 is 1.60 bits per heavy atom. The van der Waals surface area contributed by atoms with Gasteiger partial charge in [-0.1, -0.05) is 0 Å². The number of rotatable bonds is 4. The molecule has 0 N–H and O–H groups in total. The van der Waals surface area contributed by atoms with Gasteiger partial charge < -0.3 is 9.47 Å². The lowest BCUT2D eigenvalue weighted by Gasteiger charge is -2.20. The summed E-state index contributed by atoms with van der Waals surface area (Å²) in [6.07, 6.45) is -0.414. The lowest BCUT2D eigenvalue weighted by atomic mass is 10.7. The molecule has 0 saturated carbocycles. The smallest absolute Gasteiger partial charge is 0.167 e. The van der Waals surface area contributed by atoms with Crippen LogP contribution in [0, 0.1) is 0 Å². The lowest BCUT2D eigenvalue weighted by molar-refractivity contribution is -0.0842. The van der Waals surface area contributed by atoms with Crippen LogP contribution < -0.4 is 0 Å². The van der Waals surface area contributed by atoms with Crippen molar-refractivity contribution < 1.29 is 9.47 Å². The molecular weight excluding hydrogens is 218 g/mol. The van der Waals surface area contributed by atoms with Crippen molar-refractivity contribution in [3.05, 3.63) is 0 Å². The van der Waals surface area contributed by atoms with E-state index in [0.29, 0.717) is 5.75 Å². The Bertz CT molecular complexity index is 91.0. The molecule has 0 aliphatic carbocycles. The topological polar surface area (TPSA) is 18.5 Å². The summed E-state index contributed by atoms with van der Waals surface area (Å²) in [5.74, 6) is 0.310. The first-order valence-corrected chi connectivity index (χ1v) is 6.73. The molecule has 0 heterocycles. The molecule has 0 aromatic rings. The molecule has 0 aromatic carbocycles. The molecular formula is C4H9Cl3O2S. The number of hydrogen-bond acceptors (Lipinski definition) is 2. The van der Waals surface area contributed by atoms with Crippen molar-refractivity contribution in [1.29, 1.82) is 0 Å².